The number of ether oxygens (including phenoxy) is 1. The summed E-state index contributed by atoms with van der Waals surface area (Å²) in [4.78, 5) is 13.0. The highest BCUT2D eigenvalue weighted by Crippen LogP contribution is 2.38. The number of nitrogens with one attached hydrogen (secondary N) is 2. The molecule has 0 bridgehead atoms. The van der Waals surface area contributed by atoms with Gasteiger partial charge >= 0.3 is 16.2 Å². The predicted molar refractivity (Wildman–Crippen MR) is 120 cm³/mol. The summed E-state index contributed by atoms with van der Waals surface area (Å²) in [6.45, 7) is 0.900. The van der Waals surface area contributed by atoms with Gasteiger partial charge in [0.05, 0.1) is 6.04 Å². The molecule has 2 aromatic rings. The summed E-state index contributed by atoms with van der Waals surface area (Å²) >= 11 is 0. The number of urea groups is 1. The van der Waals surface area contributed by atoms with E-state index in [0.717, 1.165) is 55.3 Å². The van der Waals surface area contributed by atoms with Crippen LogP contribution in [0.4, 0.5) is 16.3 Å². The Labute approximate surface area is 187 Å². The SMILES string of the molecule is O=C(Nc1c2c(cc3c1CCC3)CCC2)NS(=O)(=O)N(c1cccnn1)C1CCOCC1. The van der Waals surface area contributed by atoms with Crippen LogP contribution in [0, 0.1) is 0 Å². The summed E-state index contributed by atoms with van der Waals surface area (Å²) in [5.74, 6) is 0.182. The summed E-state index contributed by atoms with van der Waals surface area (Å²) in [7, 11) is -4.21. The fourth-order valence-electron chi connectivity index (χ4n) is 5.11. The zero-order valence-electron chi connectivity index (χ0n) is 17.8. The molecule has 0 radical (unpaired) electrons. The smallest absolute Gasteiger partial charge is 0.334 e. The van der Waals surface area contributed by atoms with E-state index >= 15 is 0 Å². The Bertz CT molecular complexity index is 1080. The Kier molecular flexibility index (Phi) is 5.73. The van der Waals surface area contributed by atoms with Gasteiger partial charge in [0.15, 0.2) is 5.82 Å². The molecule has 2 aliphatic carbocycles. The third kappa shape index (κ3) is 4.04. The number of carbonyl (C=O) groups is 1. The molecule has 2 amide bonds. The van der Waals surface area contributed by atoms with Crippen LogP contribution in [0.1, 0.15) is 47.9 Å². The topological polar surface area (TPSA) is 114 Å². The van der Waals surface area contributed by atoms with Crippen LogP contribution >= 0.6 is 0 Å². The molecule has 0 spiro atoms. The van der Waals surface area contributed by atoms with Crippen molar-refractivity contribution >= 4 is 27.7 Å². The number of carbonyl (C=O) groups excluding carboxylic acids is 1. The van der Waals surface area contributed by atoms with Gasteiger partial charge < -0.3 is 10.1 Å². The van der Waals surface area contributed by atoms with Crippen molar-refractivity contribution in [2.75, 3.05) is 22.8 Å². The van der Waals surface area contributed by atoms with Crippen LogP contribution in [-0.2, 0) is 40.6 Å². The highest BCUT2D eigenvalue weighted by molar-refractivity contribution is 7.91. The second-order valence-electron chi connectivity index (χ2n) is 8.52. The number of aromatic nitrogens is 2. The van der Waals surface area contributed by atoms with Crippen LogP contribution in [0.5, 0.6) is 0 Å². The molecule has 1 aromatic carbocycles. The molecule has 32 heavy (non-hydrogen) atoms. The quantitative estimate of drug-likeness (QED) is 0.713. The summed E-state index contributed by atoms with van der Waals surface area (Å²) in [6.07, 6.45) is 8.42. The number of hydrogen-bond acceptors (Lipinski definition) is 6. The van der Waals surface area contributed by atoms with Crippen molar-refractivity contribution in [1.82, 2.24) is 14.9 Å². The van der Waals surface area contributed by atoms with E-state index < -0.39 is 16.2 Å². The van der Waals surface area contributed by atoms with Gasteiger partial charge in [0, 0.05) is 25.1 Å². The van der Waals surface area contributed by atoms with Gasteiger partial charge in [-0.05, 0) is 85.8 Å². The summed E-state index contributed by atoms with van der Waals surface area (Å²) < 4.78 is 35.5. The summed E-state index contributed by atoms with van der Waals surface area (Å²) in [5.41, 5.74) is 5.64. The molecule has 0 unspecified atom stereocenters. The molecule has 0 saturated carbocycles. The van der Waals surface area contributed by atoms with Gasteiger partial charge in [-0.25, -0.2) is 13.8 Å². The van der Waals surface area contributed by atoms with Gasteiger partial charge in [-0.3, -0.25) is 0 Å². The maximum Gasteiger partial charge on any atom is 0.334 e. The minimum atomic E-state index is -4.21. The Morgan fingerprint density at radius 3 is 2.38 bits per heavy atom. The van der Waals surface area contributed by atoms with E-state index in [-0.39, 0.29) is 11.9 Å². The van der Waals surface area contributed by atoms with Crippen molar-refractivity contribution in [3.63, 3.8) is 0 Å². The highest BCUT2D eigenvalue weighted by Gasteiger charge is 2.34. The van der Waals surface area contributed by atoms with E-state index in [0.29, 0.717) is 26.1 Å². The Balaban J connectivity index is 1.41. The van der Waals surface area contributed by atoms with Gasteiger partial charge in [-0.15, -0.1) is 5.10 Å². The number of benzene rings is 1. The molecule has 3 aliphatic rings. The van der Waals surface area contributed by atoms with Gasteiger partial charge in [-0.1, -0.05) is 6.07 Å². The van der Waals surface area contributed by atoms with Crippen molar-refractivity contribution < 1.29 is 17.9 Å². The minimum Gasteiger partial charge on any atom is -0.381 e. The number of anilines is 2. The van der Waals surface area contributed by atoms with Crippen LogP contribution in [-0.4, -0.2) is 43.9 Å². The van der Waals surface area contributed by atoms with E-state index in [4.69, 9.17) is 4.74 Å². The van der Waals surface area contributed by atoms with Gasteiger partial charge in [0.25, 0.3) is 0 Å². The van der Waals surface area contributed by atoms with Crippen molar-refractivity contribution in [1.29, 1.82) is 0 Å². The lowest BCUT2D eigenvalue weighted by Crippen LogP contribution is -2.51. The number of rotatable bonds is 5. The van der Waals surface area contributed by atoms with Crippen LogP contribution in [0.2, 0.25) is 0 Å². The van der Waals surface area contributed by atoms with Gasteiger partial charge in [-0.2, -0.15) is 13.5 Å². The highest BCUT2D eigenvalue weighted by atomic mass is 32.2. The molecule has 1 fully saturated rings. The molecule has 9 nitrogen and oxygen atoms in total. The fourth-order valence-corrected chi connectivity index (χ4v) is 6.44. The number of aryl methyl sites for hydroxylation is 2. The maximum absolute atomic E-state index is 13.3. The van der Waals surface area contributed by atoms with Crippen molar-refractivity contribution in [3.8, 4) is 0 Å². The van der Waals surface area contributed by atoms with Crippen LogP contribution < -0.4 is 14.3 Å². The molecule has 10 heteroatoms. The van der Waals surface area contributed by atoms with Crippen molar-refractivity contribution in [2.24, 2.45) is 0 Å². The molecule has 2 N–H and O–H groups in total. The zero-order chi connectivity index (χ0) is 22.1. The average Bonchev–Trinajstić information content (AvgIpc) is 3.44. The molecule has 1 aromatic heterocycles. The third-order valence-electron chi connectivity index (χ3n) is 6.50. The monoisotopic (exact) mass is 457 g/mol. The second-order valence-corrected chi connectivity index (χ2v) is 10.1. The summed E-state index contributed by atoms with van der Waals surface area (Å²) in [6, 6.07) is 4.36. The van der Waals surface area contributed by atoms with E-state index in [1.807, 2.05) is 0 Å². The second kappa shape index (κ2) is 8.67. The van der Waals surface area contributed by atoms with Gasteiger partial charge in [0.2, 0.25) is 0 Å². The Morgan fingerprint density at radius 1 is 1.06 bits per heavy atom. The maximum atomic E-state index is 13.3. The number of amides is 2. The average molecular weight is 458 g/mol. The lowest BCUT2D eigenvalue weighted by molar-refractivity contribution is 0.0874. The van der Waals surface area contributed by atoms with E-state index in [2.05, 4.69) is 26.3 Å². The van der Waals surface area contributed by atoms with Crippen LogP contribution in [0.25, 0.3) is 0 Å². The molecular weight excluding hydrogens is 430 g/mol. The number of nitrogens with zero attached hydrogens (tertiary/aromatic N) is 3. The first-order valence-corrected chi connectivity index (χ1v) is 12.6. The molecule has 0 atom stereocenters. The van der Waals surface area contributed by atoms with Gasteiger partial charge in [0.1, 0.15) is 0 Å². The third-order valence-corrected chi connectivity index (χ3v) is 7.95. The lowest BCUT2D eigenvalue weighted by atomic mass is 9.99. The standard InChI is InChI=1S/C22H27N5O4S/c28-22(24-21-18-6-1-4-15(18)14-16-5-2-7-19(16)21)26-32(29,30)27(17-9-12-31-13-10-17)20-8-3-11-23-25-20/h3,8,11,14,17H,1-2,4-7,9-10,12-13H2,(H2,24,26,28). The van der Waals surface area contributed by atoms with E-state index in [9.17, 15) is 13.2 Å². The number of hydrogen-bond donors (Lipinski definition) is 2. The first-order chi connectivity index (χ1) is 15.5. The van der Waals surface area contributed by atoms with Crippen molar-refractivity contribution in [2.45, 2.75) is 57.4 Å². The summed E-state index contributed by atoms with van der Waals surface area (Å²) in [5, 5.41) is 10.7. The minimum absolute atomic E-state index is 0.182. The molecule has 170 valence electrons. The first-order valence-electron chi connectivity index (χ1n) is 11.2. The predicted octanol–water partition coefficient (Wildman–Crippen LogP) is 2.51. The van der Waals surface area contributed by atoms with Crippen molar-refractivity contribution in [3.05, 3.63) is 46.6 Å². The Morgan fingerprint density at radius 2 is 1.75 bits per heavy atom. The van der Waals surface area contributed by atoms with E-state index in [1.165, 1.54) is 21.6 Å². The Hall–Kier alpha value is -2.72. The molecule has 1 aliphatic heterocycles. The normalized spacial score (nSPS) is 18.1. The number of fused-ring (bicyclic) bond motifs is 2. The van der Waals surface area contributed by atoms with E-state index in [1.54, 1.807) is 12.1 Å². The molecule has 1 saturated heterocycles. The van der Waals surface area contributed by atoms with Crippen LogP contribution in [0.3, 0.4) is 0 Å². The van der Waals surface area contributed by atoms with Crippen LogP contribution in [0.15, 0.2) is 24.4 Å². The fraction of sp³-hybridized carbons (Fsp3) is 0.500. The largest absolute Gasteiger partial charge is 0.381 e. The molecule has 2 heterocycles. The first kappa shape index (κ1) is 21.1. The molecule has 5 rings (SSSR count). The molecular formula is C22H27N5O4S. The lowest BCUT2D eigenvalue weighted by Gasteiger charge is -2.33. The zero-order valence-corrected chi connectivity index (χ0v) is 18.7.